The molecule has 0 atom stereocenters. The molecule has 9 heavy (non-hydrogen) atoms. The van der Waals surface area contributed by atoms with E-state index in [0.717, 1.165) is 0 Å². The number of hydrogen-bond acceptors (Lipinski definition) is 0. The van der Waals surface area contributed by atoms with Crippen molar-refractivity contribution in [2.45, 2.75) is 11.4 Å². The van der Waals surface area contributed by atoms with Gasteiger partial charge < -0.3 is 0 Å². The van der Waals surface area contributed by atoms with E-state index in [2.05, 4.69) is 35.6 Å². The number of hydrogen-bond donors (Lipinski definition) is 0. The van der Waals surface area contributed by atoms with Gasteiger partial charge in [-0.25, -0.2) is 0 Å². The molecular formula is C8H10Hg. The quantitative estimate of drug-likeness (QED) is 0.694. The van der Waals surface area contributed by atoms with Crippen LogP contribution in [-0.2, 0) is 24.6 Å². The van der Waals surface area contributed by atoms with E-state index in [1.54, 1.807) is 3.07 Å². The second-order valence-corrected chi connectivity index (χ2v) is 8.26. The Morgan fingerprint density at radius 3 is 2.11 bits per heavy atom. The molecule has 0 fully saturated rings. The Bertz CT molecular complexity index is 176. The molecule has 1 aromatic carbocycles. The third kappa shape index (κ3) is 2.09. The van der Waals surface area contributed by atoms with Crippen molar-refractivity contribution in [3.63, 3.8) is 0 Å². The summed E-state index contributed by atoms with van der Waals surface area (Å²) in [7, 11) is 0. The van der Waals surface area contributed by atoms with Crippen molar-refractivity contribution in [1.29, 1.82) is 0 Å². The zero-order chi connectivity index (χ0) is 6.69. The average molecular weight is 307 g/mol. The molecule has 0 nitrogen and oxygen atoms in total. The van der Waals surface area contributed by atoms with Crippen molar-refractivity contribution in [2.75, 3.05) is 0 Å². The van der Waals surface area contributed by atoms with Crippen molar-refractivity contribution in [3.05, 3.63) is 29.8 Å². The summed E-state index contributed by atoms with van der Waals surface area (Å²) in [6.07, 6.45) is 0. The van der Waals surface area contributed by atoms with Crippen LogP contribution in [0.15, 0.2) is 24.3 Å². The van der Waals surface area contributed by atoms with Crippen LogP contribution >= 0.6 is 0 Å². The molecule has 0 amide bonds. The molecular weight excluding hydrogens is 297 g/mol. The molecule has 0 aromatic heterocycles. The van der Waals surface area contributed by atoms with Crippen molar-refractivity contribution in [3.8, 4) is 0 Å². The van der Waals surface area contributed by atoms with E-state index in [1.165, 1.54) is 5.56 Å². The predicted molar refractivity (Wildman–Crippen MR) is 36.7 cm³/mol. The van der Waals surface area contributed by atoms with Gasteiger partial charge in [0, 0.05) is 0 Å². The molecule has 0 aliphatic heterocycles. The van der Waals surface area contributed by atoms with E-state index in [9.17, 15) is 0 Å². The molecule has 0 heterocycles. The van der Waals surface area contributed by atoms with Gasteiger partial charge in [0.05, 0.1) is 0 Å². The van der Waals surface area contributed by atoms with E-state index in [4.69, 9.17) is 0 Å². The van der Waals surface area contributed by atoms with Gasteiger partial charge in [-0.3, -0.25) is 0 Å². The Hall–Kier alpha value is 0.155. The minimum atomic E-state index is -0.563. The van der Waals surface area contributed by atoms with E-state index < -0.39 is 24.6 Å². The molecule has 0 saturated heterocycles. The van der Waals surface area contributed by atoms with Gasteiger partial charge in [0.1, 0.15) is 0 Å². The van der Waals surface area contributed by atoms with Crippen molar-refractivity contribution in [2.24, 2.45) is 0 Å². The fourth-order valence-corrected chi connectivity index (χ4v) is 3.57. The molecule has 0 spiro atoms. The first-order valence-corrected chi connectivity index (χ1v) is 11.6. The average Bonchev–Trinajstić information content (AvgIpc) is 1.90. The van der Waals surface area contributed by atoms with Crippen LogP contribution in [0.1, 0.15) is 5.56 Å². The summed E-state index contributed by atoms with van der Waals surface area (Å²) in [5, 5.41) is 0. The standard InChI is InChI=1S/C7H7.CH3.Hg/c1-7-5-3-2-4-6-7;;/h3-6H,1H3;1H3;. The van der Waals surface area contributed by atoms with E-state index in [0.29, 0.717) is 0 Å². The van der Waals surface area contributed by atoms with Gasteiger partial charge in [0.2, 0.25) is 0 Å². The summed E-state index contributed by atoms with van der Waals surface area (Å²) in [5.74, 6) is 0. The summed E-state index contributed by atoms with van der Waals surface area (Å²) < 4.78 is 4.03. The predicted octanol–water partition coefficient (Wildman–Crippen LogP) is 1.75. The SMILES string of the molecule is [CH3][Hg][c]1ccc(C)cc1. The summed E-state index contributed by atoms with van der Waals surface area (Å²) in [6, 6.07) is 8.96. The first-order chi connectivity index (χ1) is 4.33. The van der Waals surface area contributed by atoms with Crippen LogP contribution in [0.3, 0.4) is 0 Å². The monoisotopic (exact) mass is 308 g/mol. The maximum atomic E-state index is 2.39. The summed E-state index contributed by atoms with van der Waals surface area (Å²) in [6.45, 7) is 2.14. The van der Waals surface area contributed by atoms with Gasteiger partial charge in [-0.2, -0.15) is 0 Å². The van der Waals surface area contributed by atoms with Gasteiger partial charge in [-0.05, 0) is 0 Å². The van der Waals surface area contributed by atoms with Crippen molar-refractivity contribution in [1.82, 2.24) is 0 Å². The molecule has 44 valence electrons. The van der Waals surface area contributed by atoms with Gasteiger partial charge in [0.15, 0.2) is 0 Å². The van der Waals surface area contributed by atoms with Crippen LogP contribution < -0.4 is 3.07 Å². The second kappa shape index (κ2) is 3.36. The Morgan fingerprint density at radius 1 is 1.11 bits per heavy atom. The molecule has 1 heteroatoms. The molecule has 0 unspecified atom stereocenters. The topological polar surface area (TPSA) is 0 Å². The summed E-state index contributed by atoms with van der Waals surface area (Å²) in [5.41, 5.74) is 1.38. The third-order valence-corrected chi connectivity index (χ3v) is 6.54. The molecule has 0 aliphatic carbocycles. The van der Waals surface area contributed by atoms with Gasteiger partial charge in [-0.1, -0.05) is 0 Å². The maximum absolute atomic E-state index is 2.39. The van der Waals surface area contributed by atoms with Crippen LogP contribution in [0.2, 0.25) is 4.43 Å². The van der Waals surface area contributed by atoms with Crippen molar-refractivity contribution >= 4 is 3.07 Å². The van der Waals surface area contributed by atoms with Crippen LogP contribution in [0.4, 0.5) is 0 Å². The number of benzene rings is 1. The number of aryl methyl sites for hydroxylation is 1. The second-order valence-electron chi connectivity index (χ2n) is 2.34. The van der Waals surface area contributed by atoms with Gasteiger partial charge in [0.25, 0.3) is 0 Å². The Labute approximate surface area is 68.7 Å². The molecule has 0 bridgehead atoms. The summed E-state index contributed by atoms with van der Waals surface area (Å²) >= 11 is -0.563. The molecule has 1 rings (SSSR count). The van der Waals surface area contributed by atoms with E-state index in [-0.39, 0.29) is 0 Å². The minimum absolute atomic E-state index is 0.563. The van der Waals surface area contributed by atoms with Crippen LogP contribution in [0.25, 0.3) is 0 Å². The number of rotatable bonds is 1. The molecule has 0 radical (unpaired) electrons. The molecule has 0 aliphatic rings. The van der Waals surface area contributed by atoms with Crippen LogP contribution in [0, 0.1) is 6.92 Å². The van der Waals surface area contributed by atoms with Crippen LogP contribution in [0.5, 0.6) is 0 Å². The summed E-state index contributed by atoms with van der Waals surface area (Å²) in [4.78, 5) is 0. The molecule has 0 N–H and O–H groups in total. The fourth-order valence-electron chi connectivity index (χ4n) is 0.824. The Morgan fingerprint density at radius 2 is 1.67 bits per heavy atom. The third-order valence-electron chi connectivity index (χ3n) is 1.53. The zero-order valence-electron chi connectivity index (χ0n) is 6.02. The Kier molecular flexibility index (Phi) is 2.71. The molecule has 1 aromatic rings. The fraction of sp³-hybridized carbons (Fsp3) is 0.250. The Balaban J connectivity index is 2.88. The van der Waals surface area contributed by atoms with E-state index in [1.807, 2.05) is 0 Å². The van der Waals surface area contributed by atoms with Crippen molar-refractivity contribution < 1.29 is 24.6 Å². The van der Waals surface area contributed by atoms with Crippen LogP contribution in [-0.4, -0.2) is 0 Å². The first kappa shape index (κ1) is 7.26. The normalized spacial score (nSPS) is 8.67. The zero-order valence-corrected chi connectivity index (χ0v) is 11.5. The van der Waals surface area contributed by atoms with Gasteiger partial charge >= 0.3 is 68.8 Å². The first-order valence-electron chi connectivity index (χ1n) is 3.38. The molecule has 0 saturated carbocycles. The van der Waals surface area contributed by atoms with Gasteiger partial charge in [-0.15, -0.1) is 0 Å². The van der Waals surface area contributed by atoms with E-state index >= 15 is 0 Å².